The van der Waals surface area contributed by atoms with Gasteiger partial charge in [0.1, 0.15) is 29.9 Å². The Hall–Kier alpha value is -5.51. The van der Waals surface area contributed by atoms with Gasteiger partial charge in [-0.05, 0) is 90.5 Å². The van der Waals surface area contributed by atoms with Crippen LogP contribution in [0.15, 0.2) is 48.5 Å². The smallest absolute Gasteiger partial charge is 0.408 e. The fourth-order valence-corrected chi connectivity index (χ4v) is 5.41. The second-order valence-electron chi connectivity index (χ2n) is 15.0. The Kier molecular flexibility index (Phi) is 19.1. The van der Waals surface area contributed by atoms with E-state index in [1.165, 1.54) is 0 Å². The number of hydrogen-bond acceptors (Lipinski definition) is 13. The molecule has 0 bridgehead atoms. The number of ketones is 2. The normalized spacial score (nSPS) is 12.9. The van der Waals surface area contributed by atoms with Crippen LogP contribution in [0.5, 0.6) is 0 Å². The molecule has 2 aromatic carbocycles. The predicted molar refractivity (Wildman–Crippen MR) is 210 cm³/mol. The van der Waals surface area contributed by atoms with Crippen LogP contribution in [0.4, 0.5) is 14.4 Å². The Balaban J connectivity index is 0.000000476. The van der Waals surface area contributed by atoms with E-state index >= 15 is 0 Å². The van der Waals surface area contributed by atoms with E-state index in [9.17, 15) is 33.6 Å². The molecule has 0 heterocycles. The number of carbonyl (C=O) groups is 7. The molecule has 1 aliphatic rings. The monoisotopic (exact) mass is 798 g/mol. The van der Waals surface area contributed by atoms with E-state index in [2.05, 4.69) is 16.0 Å². The first-order valence-electron chi connectivity index (χ1n) is 18.9. The molecule has 0 unspecified atom stereocenters. The Morgan fingerprint density at radius 2 is 1.07 bits per heavy atom. The van der Waals surface area contributed by atoms with Crippen molar-refractivity contribution in [3.8, 4) is 11.1 Å². The number of alkyl carbamates (subject to hydrolysis) is 3. The zero-order valence-corrected chi connectivity index (χ0v) is 34.2. The van der Waals surface area contributed by atoms with Crippen molar-refractivity contribution in [3.05, 3.63) is 59.7 Å². The first-order chi connectivity index (χ1) is 26.7. The van der Waals surface area contributed by atoms with Crippen molar-refractivity contribution in [2.75, 3.05) is 32.9 Å². The van der Waals surface area contributed by atoms with Crippen LogP contribution in [0.2, 0.25) is 0 Å². The summed E-state index contributed by atoms with van der Waals surface area (Å²) in [5, 5.41) is 7.26. The topological polar surface area (TPSA) is 228 Å². The van der Waals surface area contributed by atoms with E-state index in [4.69, 9.17) is 29.4 Å². The number of hydrogen-bond donors (Lipinski definition) is 4. The zero-order chi connectivity index (χ0) is 42.8. The van der Waals surface area contributed by atoms with Crippen molar-refractivity contribution >= 4 is 41.8 Å². The van der Waals surface area contributed by atoms with Gasteiger partial charge in [0.05, 0.1) is 26.3 Å². The van der Waals surface area contributed by atoms with Crippen molar-refractivity contribution in [2.24, 2.45) is 5.73 Å². The quantitative estimate of drug-likeness (QED) is 0.121. The van der Waals surface area contributed by atoms with Crippen LogP contribution >= 0.6 is 0 Å². The molecule has 5 N–H and O–H groups in total. The van der Waals surface area contributed by atoms with E-state index in [1.54, 1.807) is 55.4 Å². The molecule has 3 amide bonds. The largest absolute Gasteiger partial charge is 0.465 e. The van der Waals surface area contributed by atoms with Gasteiger partial charge in [0.15, 0.2) is 11.6 Å². The summed E-state index contributed by atoms with van der Waals surface area (Å²) in [6.45, 7) is 13.7. The molecule has 0 spiro atoms. The number of fused-ring (bicyclic) bond motifs is 3. The maximum Gasteiger partial charge on any atom is 0.408 e. The maximum atomic E-state index is 12.6. The summed E-state index contributed by atoms with van der Waals surface area (Å²) in [6.07, 6.45) is -1.93. The minimum atomic E-state index is -1.07. The summed E-state index contributed by atoms with van der Waals surface area (Å²) >= 11 is 0. The molecule has 2 atom stereocenters. The lowest BCUT2D eigenvalue weighted by Crippen LogP contribution is -2.43. The number of rotatable bonds is 17. The van der Waals surface area contributed by atoms with Gasteiger partial charge in [-0.2, -0.15) is 0 Å². The van der Waals surface area contributed by atoms with Crippen molar-refractivity contribution in [1.82, 2.24) is 16.0 Å². The summed E-state index contributed by atoms with van der Waals surface area (Å²) in [5.41, 5.74) is 8.61. The summed E-state index contributed by atoms with van der Waals surface area (Å²) in [7, 11) is 0. The summed E-state index contributed by atoms with van der Waals surface area (Å²) in [6, 6.07) is 14.1. The van der Waals surface area contributed by atoms with Gasteiger partial charge in [-0.1, -0.05) is 48.5 Å². The Morgan fingerprint density at radius 3 is 1.53 bits per heavy atom. The highest BCUT2D eigenvalue weighted by atomic mass is 16.6. The molecule has 0 fully saturated rings. The molecule has 314 valence electrons. The van der Waals surface area contributed by atoms with Crippen LogP contribution in [0.1, 0.15) is 98.1 Å². The highest BCUT2D eigenvalue weighted by Crippen LogP contribution is 2.44. The second-order valence-corrected chi connectivity index (χ2v) is 15.0. The molecule has 16 heteroatoms. The van der Waals surface area contributed by atoms with Crippen LogP contribution in [-0.4, -0.2) is 98.0 Å². The standard InChI is InChI=1S/C28H34N2O7.C13H24N2O5/c1-5-35-25(32)24(15-14-18(31)16-29-26(33)37-28(2,3)4)30-27(34)36-17-23-21-12-8-6-10-19(21)20-11-7-9-13-22(20)23;1-5-19-11(17)10(14)7-6-9(16)8-15-12(18)20-13(2,3)4/h6-13,23-24H,5,14-17H2,1-4H3,(H,29,33)(H,30,34);10H,5-8,14H2,1-4H3,(H,15,18)/t24-;10-/m00/s1. The van der Waals surface area contributed by atoms with Crippen molar-refractivity contribution in [2.45, 2.75) is 110 Å². The molecule has 16 nitrogen and oxygen atoms in total. The summed E-state index contributed by atoms with van der Waals surface area (Å²) in [5.74, 6) is -1.87. The molecule has 0 radical (unpaired) electrons. The molecule has 57 heavy (non-hydrogen) atoms. The van der Waals surface area contributed by atoms with Gasteiger partial charge in [0.2, 0.25) is 0 Å². The Labute approximate surface area is 334 Å². The van der Waals surface area contributed by atoms with Crippen LogP contribution < -0.4 is 21.7 Å². The maximum absolute atomic E-state index is 12.6. The van der Waals surface area contributed by atoms with E-state index < -0.39 is 53.5 Å². The number of amides is 3. The van der Waals surface area contributed by atoms with Gasteiger partial charge in [-0.25, -0.2) is 19.2 Å². The number of Topliss-reactive ketones (excluding diaryl/α,β-unsaturated/α-hetero) is 2. The van der Waals surface area contributed by atoms with Crippen LogP contribution in [0.3, 0.4) is 0 Å². The van der Waals surface area contributed by atoms with E-state index in [1.807, 2.05) is 48.5 Å². The molecule has 1 aliphatic carbocycles. The van der Waals surface area contributed by atoms with Crippen molar-refractivity contribution in [1.29, 1.82) is 0 Å². The second kappa shape index (κ2) is 22.9. The fraction of sp³-hybridized carbons (Fsp3) is 0.537. The third-order valence-corrected chi connectivity index (χ3v) is 7.90. The Morgan fingerprint density at radius 1 is 0.632 bits per heavy atom. The molecule has 3 rings (SSSR count). The highest BCUT2D eigenvalue weighted by molar-refractivity contribution is 5.86. The lowest BCUT2D eigenvalue weighted by atomic mass is 9.98. The molecule has 0 aliphatic heterocycles. The number of benzene rings is 2. The molecule has 2 aromatic rings. The number of carbonyl (C=O) groups excluding carboxylic acids is 7. The van der Waals surface area contributed by atoms with Gasteiger partial charge >= 0.3 is 30.2 Å². The lowest BCUT2D eigenvalue weighted by molar-refractivity contribution is -0.146. The SMILES string of the molecule is CCOC(=O)[C@@H](N)CCC(=O)CNC(=O)OC(C)(C)C.CCOC(=O)[C@H](CCC(=O)CNC(=O)OC(C)(C)C)NC(=O)OCC1c2ccccc2-c2ccccc21. The van der Waals surface area contributed by atoms with E-state index in [-0.39, 0.29) is 76.1 Å². The minimum absolute atomic E-state index is 0.00212. The predicted octanol–water partition coefficient (Wildman–Crippen LogP) is 5.08. The van der Waals surface area contributed by atoms with Gasteiger partial charge in [-0.3, -0.25) is 14.4 Å². The number of esters is 2. The fourth-order valence-electron chi connectivity index (χ4n) is 5.41. The average Bonchev–Trinajstić information content (AvgIpc) is 3.45. The molecule has 0 aromatic heterocycles. The van der Waals surface area contributed by atoms with Crippen LogP contribution in [-0.2, 0) is 42.9 Å². The number of ether oxygens (including phenoxy) is 5. The van der Waals surface area contributed by atoms with E-state index in [0.29, 0.717) is 0 Å². The van der Waals surface area contributed by atoms with Crippen molar-refractivity contribution < 1.29 is 57.2 Å². The lowest BCUT2D eigenvalue weighted by Gasteiger charge is -2.20. The van der Waals surface area contributed by atoms with Crippen molar-refractivity contribution in [3.63, 3.8) is 0 Å². The molecule has 0 saturated heterocycles. The number of nitrogens with two attached hydrogens (primary N) is 1. The van der Waals surface area contributed by atoms with Gasteiger partial charge < -0.3 is 45.4 Å². The first-order valence-corrected chi connectivity index (χ1v) is 18.9. The third-order valence-electron chi connectivity index (χ3n) is 7.90. The summed E-state index contributed by atoms with van der Waals surface area (Å²) < 4.78 is 25.4. The van der Waals surface area contributed by atoms with Gasteiger partial charge in [0, 0.05) is 18.8 Å². The molecular weight excluding hydrogens is 740 g/mol. The summed E-state index contributed by atoms with van der Waals surface area (Å²) in [4.78, 5) is 83.1. The van der Waals surface area contributed by atoms with E-state index in [0.717, 1.165) is 22.3 Å². The zero-order valence-electron chi connectivity index (χ0n) is 34.2. The third kappa shape index (κ3) is 17.9. The Bertz CT molecular complexity index is 1650. The minimum Gasteiger partial charge on any atom is -0.465 e. The first kappa shape index (κ1) is 47.6. The van der Waals surface area contributed by atoms with Crippen LogP contribution in [0.25, 0.3) is 11.1 Å². The molecular formula is C41H58N4O12. The number of nitrogens with one attached hydrogen (secondary N) is 3. The van der Waals surface area contributed by atoms with Gasteiger partial charge in [0.25, 0.3) is 0 Å². The van der Waals surface area contributed by atoms with Crippen LogP contribution in [0, 0.1) is 0 Å². The van der Waals surface area contributed by atoms with Gasteiger partial charge in [-0.15, -0.1) is 0 Å². The highest BCUT2D eigenvalue weighted by Gasteiger charge is 2.30. The molecule has 0 saturated carbocycles. The average molecular weight is 799 g/mol.